The Morgan fingerprint density at radius 3 is 0.885 bits per heavy atom. The third-order valence-corrected chi connectivity index (χ3v) is 18.8. The first-order valence-electron chi connectivity index (χ1n) is 49.5. The Balaban J connectivity index is -0.000000220. The van der Waals surface area contributed by atoms with Crippen molar-refractivity contribution in [3.05, 3.63) is 0 Å². The molecule has 0 rings (SSSR count). The molecule has 0 unspecified atom stereocenters. The molecular weight excluding hydrogens is 1650 g/mol. The van der Waals surface area contributed by atoms with Gasteiger partial charge in [0.25, 0.3) is 0 Å². The molecule has 0 atom stereocenters. The van der Waals surface area contributed by atoms with Crippen molar-refractivity contribution in [2.45, 2.75) is 343 Å². The molecule has 131 heavy (non-hydrogen) atoms. The summed E-state index contributed by atoms with van der Waals surface area (Å²) in [5.41, 5.74) is 0. The maximum Gasteiger partial charge on any atom is 0.308 e. The summed E-state index contributed by atoms with van der Waals surface area (Å²) in [5.74, 6) is 39.5. The monoisotopic (exact) mass is 1850 g/mol. The molecule has 0 aliphatic carbocycles. The molecule has 0 heterocycles. The predicted octanol–water partition coefficient (Wildman–Crippen LogP) is 21.1. The van der Waals surface area contributed by atoms with E-state index < -0.39 is 0 Å². The van der Waals surface area contributed by atoms with Crippen LogP contribution < -0.4 is 0 Å². The number of hydrogen-bond donors (Lipinski definition) is 0. The lowest BCUT2D eigenvalue weighted by Crippen LogP contribution is -2.30. The standard InChI is InChI=1S/C16H24O2.C15H22O2.C14H29NO2.C14H28O2.C14H20O2.C13H27NO3.C13H26O3.C11H22O3/c1-14(2)10-7-5-6-8-12-18-13-9-11-16(17)15(3)4;1-13(2)9-7-5-6-8-11-17-12-10-15(16)14(3)4;1-12(2)14(16)11-17-10-8-6-7-9-15(5)13(3)4;2*1-12(2)9-7-5-6-8-10-16-11-14(15)13(3)4;1-11(2)13(15)10-17-9-8-16-7-6-14(5)12(3)4;1-11(2)6-5-7-15-8-9-16-10-13(14)12(3)4;1-9(2)5-6-13-7-8-14-11(12)10(3)4/h14-15H,9-13H2,1-4H3;13-14H,9-12H2,1-4H3;12-13H,6-11H2,1-5H3;12-13H,5-11H2,1-4H3;12-13H,9-11H2,1-4H3;11-12H,6-10H2,1-5H3;11-12H,5-10H2,1-4H3;9-10H,5-8H2,1-4H3. The molecule has 0 aromatic heterocycles. The van der Waals surface area contributed by atoms with E-state index in [-0.39, 0.29) is 121 Å². The van der Waals surface area contributed by atoms with E-state index in [1.807, 2.05) is 111 Å². The molecule has 0 aliphatic heterocycles. The predicted molar refractivity (Wildman–Crippen MR) is 543 cm³/mol. The number of hydrogen-bond acceptors (Lipinski definition) is 21. The van der Waals surface area contributed by atoms with E-state index in [4.69, 9.17) is 52.1 Å². The highest BCUT2D eigenvalue weighted by atomic mass is 16.6. The van der Waals surface area contributed by atoms with Crippen LogP contribution in [0.2, 0.25) is 0 Å². The zero-order valence-electron chi connectivity index (χ0n) is 90.2. The highest BCUT2D eigenvalue weighted by Crippen LogP contribution is 2.12. The Labute approximate surface area is 805 Å². The molecule has 0 radical (unpaired) electrons. The second-order valence-electron chi connectivity index (χ2n) is 38.3. The van der Waals surface area contributed by atoms with Gasteiger partial charge in [-0.3, -0.25) is 38.4 Å². The smallest absolute Gasteiger partial charge is 0.308 e. The van der Waals surface area contributed by atoms with Gasteiger partial charge in [-0.25, -0.2) is 0 Å². The molecule has 0 amide bonds. The van der Waals surface area contributed by atoms with E-state index in [0.29, 0.717) is 140 Å². The van der Waals surface area contributed by atoms with Crippen LogP contribution in [0.4, 0.5) is 0 Å². The molecule has 21 nitrogen and oxygen atoms in total. The normalized spacial score (nSPS) is 10.7. The molecule has 0 fully saturated rings. The second kappa shape index (κ2) is 103. The second-order valence-corrected chi connectivity index (χ2v) is 38.3. The molecule has 0 spiro atoms. The summed E-state index contributed by atoms with van der Waals surface area (Å²) in [6.45, 7) is 76.8. The van der Waals surface area contributed by atoms with Gasteiger partial charge in [0.05, 0.1) is 52.2 Å². The van der Waals surface area contributed by atoms with Crippen LogP contribution in [0.3, 0.4) is 0 Å². The molecular formula is C110H198N2O19. The number of ether oxygens (including phenoxy) is 11. The number of Topliss-reactive ketones (excluding diaryl/α,β-unsaturated/α-hetero) is 7. The number of carbonyl (C=O) groups is 8. The number of likely N-dealkylation sites (N-methyl/N-ethyl adjacent to an activating group) is 1. The van der Waals surface area contributed by atoms with Gasteiger partial charge in [0.2, 0.25) is 0 Å². The van der Waals surface area contributed by atoms with Crippen LogP contribution in [0.1, 0.15) is 331 Å². The van der Waals surface area contributed by atoms with Gasteiger partial charge in [0.1, 0.15) is 71.0 Å². The van der Waals surface area contributed by atoms with E-state index in [1.54, 1.807) is 0 Å². The molecule has 0 bridgehead atoms. The summed E-state index contributed by atoms with van der Waals surface area (Å²) in [6, 6.07) is 1.16. The summed E-state index contributed by atoms with van der Waals surface area (Å²) in [6.07, 6.45) is 17.5. The fourth-order valence-corrected chi connectivity index (χ4v) is 8.61. The Morgan fingerprint density at radius 2 is 0.511 bits per heavy atom. The Bertz CT molecular complexity index is 3040. The number of unbranched alkanes of at least 4 members (excludes halogenated alkanes) is 5. The first-order valence-corrected chi connectivity index (χ1v) is 49.5. The largest absolute Gasteiger partial charge is 0.463 e. The average molecular weight is 1850 g/mol. The zero-order chi connectivity index (χ0) is 102. The topological polar surface area (TPSA) is 245 Å². The van der Waals surface area contributed by atoms with Crippen LogP contribution >= 0.6 is 0 Å². The SMILES string of the molecule is CC(C)C(=O)COCCCCCN(C)C(C)C.CC(C)C(=O)COCCOCCN(C)C(C)C.CC(C)CC#CC#CCOCC(=O)C(C)C.CC(C)CC#CC#CCOCCC(=O)C(C)C.CC(C)CC#CC#CCOCCCC(=O)C(C)C.CC(C)CCCCCCOCC(=O)C(C)C.CC(C)CCCOCCOCC(=O)C(C)C.CC(C)CCOCCOC(=O)C(C)C. The number of carbonyl (C=O) groups excluding carboxylic acids is 8. The van der Waals surface area contributed by atoms with Gasteiger partial charge in [0, 0.05) is 125 Å². The van der Waals surface area contributed by atoms with Crippen LogP contribution in [0.25, 0.3) is 0 Å². The lowest BCUT2D eigenvalue weighted by molar-refractivity contribution is -0.149. The van der Waals surface area contributed by atoms with Crippen molar-refractivity contribution in [3.8, 4) is 71.0 Å². The van der Waals surface area contributed by atoms with Gasteiger partial charge in [-0.05, 0) is 171 Å². The van der Waals surface area contributed by atoms with Crippen molar-refractivity contribution in [1.29, 1.82) is 0 Å². The Morgan fingerprint density at radius 1 is 0.221 bits per heavy atom. The van der Waals surface area contributed by atoms with Crippen molar-refractivity contribution in [3.63, 3.8) is 0 Å². The minimum atomic E-state index is -0.155. The van der Waals surface area contributed by atoms with E-state index in [9.17, 15) is 38.4 Å². The van der Waals surface area contributed by atoms with Crippen molar-refractivity contribution in [2.24, 2.45) is 82.9 Å². The molecule has 21 heteroatoms. The fourth-order valence-electron chi connectivity index (χ4n) is 8.61. The Kier molecular flexibility index (Phi) is 110. The fraction of sp³-hybridized carbons (Fsp3) is 0.818. The number of rotatable bonds is 65. The van der Waals surface area contributed by atoms with Gasteiger partial charge < -0.3 is 61.9 Å². The first kappa shape index (κ1) is 140. The van der Waals surface area contributed by atoms with Crippen molar-refractivity contribution < 1.29 is 90.5 Å². The summed E-state index contributed by atoms with van der Waals surface area (Å²) in [5, 5.41) is 0. The molecule has 0 aromatic carbocycles. The van der Waals surface area contributed by atoms with Gasteiger partial charge in [0.15, 0.2) is 28.9 Å². The lowest BCUT2D eigenvalue weighted by Gasteiger charge is -2.20. The van der Waals surface area contributed by atoms with E-state index in [1.165, 1.54) is 44.9 Å². The highest BCUT2D eigenvalue weighted by Gasteiger charge is 2.14. The first-order chi connectivity index (χ1) is 61.6. The quantitative estimate of drug-likeness (QED) is 0.0312. The molecule has 0 N–H and O–H groups in total. The third kappa shape index (κ3) is 126. The highest BCUT2D eigenvalue weighted by molar-refractivity contribution is 5.83. The minimum absolute atomic E-state index is 0.0267. The van der Waals surface area contributed by atoms with Crippen LogP contribution in [-0.4, -0.2) is 234 Å². The van der Waals surface area contributed by atoms with E-state index >= 15 is 0 Å². The Hall–Kier alpha value is -5.96. The van der Waals surface area contributed by atoms with E-state index in [2.05, 4.69) is 206 Å². The third-order valence-electron chi connectivity index (χ3n) is 18.8. The maximum atomic E-state index is 11.3. The molecule has 762 valence electrons. The van der Waals surface area contributed by atoms with Gasteiger partial charge in [-0.2, -0.15) is 0 Å². The van der Waals surface area contributed by atoms with Crippen LogP contribution in [0.15, 0.2) is 0 Å². The molecule has 0 saturated heterocycles. The number of esters is 1. The van der Waals surface area contributed by atoms with Crippen molar-refractivity contribution in [1.82, 2.24) is 9.80 Å². The minimum Gasteiger partial charge on any atom is -0.463 e. The summed E-state index contributed by atoms with van der Waals surface area (Å²) in [4.78, 5) is 94.2. The van der Waals surface area contributed by atoms with Crippen LogP contribution in [0, 0.1) is 154 Å². The lowest BCUT2D eigenvalue weighted by atomic mass is 10.0. The van der Waals surface area contributed by atoms with Gasteiger partial charge >= 0.3 is 5.97 Å². The van der Waals surface area contributed by atoms with Crippen LogP contribution in [0.5, 0.6) is 0 Å². The summed E-state index contributed by atoms with van der Waals surface area (Å²) in [7, 11) is 4.23. The van der Waals surface area contributed by atoms with Gasteiger partial charge in [-0.1, -0.05) is 255 Å². The van der Waals surface area contributed by atoms with E-state index in [0.717, 1.165) is 96.1 Å². The number of nitrogens with zero attached hydrogens (tertiary/aromatic N) is 2. The molecule has 0 aromatic rings. The maximum absolute atomic E-state index is 11.3. The number of ketones is 7. The summed E-state index contributed by atoms with van der Waals surface area (Å²) < 4.78 is 57.8. The summed E-state index contributed by atoms with van der Waals surface area (Å²) >= 11 is 0. The van der Waals surface area contributed by atoms with Crippen molar-refractivity contribution >= 4 is 46.5 Å². The molecule has 0 aliphatic rings. The zero-order valence-corrected chi connectivity index (χ0v) is 90.2. The van der Waals surface area contributed by atoms with Crippen LogP contribution in [-0.2, 0) is 90.5 Å². The average Bonchev–Trinajstić information content (AvgIpc) is 1.06. The van der Waals surface area contributed by atoms with Gasteiger partial charge in [-0.15, -0.1) is 0 Å². The van der Waals surface area contributed by atoms with Crippen molar-refractivity contribution in [2.75, 3.05) is 166 Å². The molecule has 0 saturated carbocycles.